The molecular weight excluding hydrogens is 267 g/mol. The minimum atomic E-state index is -4.33. The number of fused-ring (bicyclic) bond motifs is 2. The van der Waals surface area contributed by atoms with Crippen LogP contribution in [0, 0.1) is 6.92 Å². The van der Waals surface area contributed by atoms with Crippen LogP contribution in [0.1, 0.15) is 42.4 Å². The summed E-state index contributed by atoms with van der Waals surface area (Å²) >= 11 is 0. The first kappa shape index (κ1) is 13.9. The summed E-state index contributed by atoms with van der Waals surface area (Å²) in [4.78, 5) is 0. The number of piperidine rings is 1. The van der Waals surface area contributed by atoms with E-state index >= 15 is 0 Å². The van der Waals surface area contributed by atoms with E-state index in [1.165, 1.54) is 19.1 Å². The second-order valence-corrected chi connectivity index (χ2v) is 6.11. The first-order chi connectivity index (χ1) is 9.28. The molecule has 1 aromatic carbocycles. The molecule has 20 heavy (non-hydrogen) atoms. The van der Waals surface area contributed by atoms with Gasteiger partial charge in [-0.15, -0.1) is 0 Å². The maximum atomic E-state index is 12.8. The van der Waals surface area contributed by atoms with Crippen molar-refractivity contribution in [1.82, 2.24) is 5.32 Å². The lowest BCUT2D eigenvalue weighted by Gasteiger charge is -2.38. The third kappa shape index (κ3) is 2.33. The van der Waals surface area contributed by atoms with E-state index in [1.54, 1.807) is 0 Å². The van der Waals surface area contributed by atoms with Crippen molar-refractivity contribution < 1.29 is 18.3 Å². The van der Waals surface area contributed by atoms with Gasteiger partial charge in [-0.2, -0.15) is 13.2 Å². The van der Waals surface area contributed by atoms with Crippen molar-refractivity contribution in [3.63, 3.8) is 0 Å². The normalized spacial score (nSPS) is 33.5. The number of aryl methyl sites for hydroxylation is 1. The lowest BCUT2D eigenvalue weighted by atomic mass is 9.80. The Balaban J connectivity index is 1.93. The van der Waals surface area contributed by atoms with Gasteiger partial charge in [0, 0.05) is 12.1 Å². The first-order valence-corrected chi connectivity index (χ1v) is 6.95. The molecule has 0 aromatic heterocycles. The predicted molar refractivity (Wildman–Crippen MR) is 69.3 cm³/mol. The van der Waals surface area contributed by atoms with Gasteiger partial charge in [-0.05, 0) is 49.8 Å². The van der Waals surface area contributed by atoms with Crippen molar-refractivity contribution in [3.05, 3.63) is 34.9 Å². The van der Waals surface area contributed by atoms with Crippen LogP contribution < -0.4 is 5.32 Å². The molecule has 2 nitrogen and oxygen atoms in total. The van der Waals surface area contributed by atoms with E-state index in [0.717, 1.165) is 18.9 Å². The topological polar surface area (TPSA) is 32.3 Å². The lowest BCUT2D eigenvalue weighted by Crippen LogP contribution is -2.46. The van der Waals surface area contributed by atoms with Crippen molar-refractivity contribution in [2.24, 2.45) is 0 Å². The summed E-state index contributed by atoms with van der Waals surface area (Å²) in [6, 6.07) is 4.57. The molecule has 2 atom stereocenters. The predicted octanol–water partition coefficient (Wildman–Crippen LogP) is 3.12. The summed E-state index contributed by atoms with van der Waals surface area (Å²) in [5, 5.41) is 14.2. The van der Waals surface area contributed by atoms with Crippen LogP contribution in [0.25, 0.3) is 0 Å². The molecule has 2 unspecified atom stereocenters. The van der Waals surface area contributed by atoms with Crippen molar-refractivity contribution in [2.45, 2.75) is 56.5 Å². The molecule has 2 saturated heterocycles. The highest BCUT2D eigenvalue weighted by Crippen LogP contribution is 2.42. The number of hydrogen-bond donors (Lipinski definition) is 2. The molecule has 0 saturated carbocycles. The zero-order valence-corrected chi connectivity index (χ0v) is 11.3. The molecule has 2 heterocycles. The minimum absolute atomic E-state index is 0.175. The van der Waals surface area contributed by atoms with Crippen LogP contribution in [0.15, 0.2) is 18.2 Å². The lowest BCUT2D eigenvalue weighted by molar-refractivity contribution is -0.138. The van der Waals surface area contributed by atoms with Gasteiger partial charge in [0.2, 0.25) is 0 Å². The molecule has 3 rings (SSSR count). The van der Waals surface area contributed by atoms with Crippen molar-refractivity contribution in [2.75, 3.05) is 0 Å². The molecule has 0 spiro atoms. The molecule has 2 aliphatic rings. The van der Waals surface area contributed by atoms with Crippen LogP contribution >= 0.6 is 0 Å². The van der Waals surface area contributed by atoms with E-state index in [9.17, 15) is 18.3 Å². The van der Waals surface area contributed by atoms with E-state index in [4.69, 9.17) is 0 Å². The Morgan fingerprint density at radius 3 is 2.30 bits per heavy atom. The number of nitrogens with one attached hydrogen (secondary N) is 1. The fourth-order valence-corrected chi connectivity index (χ4v) is 3.63. The maximum absolute atomic E-state index is 12.8. The summed E-state index contributed by atoms with van der Waals surface area (Å²) in [6.45, 7) is 1.45. The van der Waals surface area contributed by atoms with Gasteiger partial charge in [-0.1, -0.05) is 12.1 Å². The largest absolute Gasteiger partial charge is 0.416 e. The SMILES string of the molecule is Cc1cc(C2(O)CC3CCC(C2)N3)ccc1C(F)(F)F. The van der Waals surface area contributed by atoms with Gasteiger partial charge in [-0.25, -0.2) is 0 Å². The van der Waals surface area contributed by atoms with E-state index in [2.05, 4.69) is 5.32 Å². The number of benzene rings is 1. The van der Waals surface area contributed by atoms with Gasteiger partial charge in [0.1, 0.15) is 0 Å². The molecule has 5 heteroatoms. The van der Waals surface area contributed by atoms with Crippen LogP contribution in [0.5, 0.6) is 0 Å². The van der Waals surface area contributed by atoms with Gasteiger partial charge in [0.05, 0.1) is 11.2 Å². The maximum Gasteiger partial charge on any atom is 0.416 e. The van der Waals surface area contributed by atoms with Crippen LogP contribution in [-0.2, 0) is 11.8 Å². The highest BCUT2D eigenvalue weighted by molar-refractivity contribution is 5.36. The monoisotopic (exact) mass is 285 g/mol. The summed E-state index contributed by atoms with van der Waals surface area (Å²) < 4.78 is 38.3. The van der Waals surface area contributed by atoms with Gasteiger partial charge in [0.25, 0.3) is 0 Å². The van der Waals surface area contributed by atoms with Crippen LogP contribution in [0.2, 0.25) is 0 Å². The first-order valence-electron chi connectivity index (χ1n) is 6.95. The van der Waals surface area contributed by atoms with Crippen LogP contribution in [-0.4, -0.2) is 17.2 Å². The molecule has 110 valence electrons. The third-order valence-corrected chi connectivity index (χ3v) is 4.57. The van der Waals surface area contributed by atoms with Gasteiger partial charge in [-0.3, -0.25) is 0 Å². The average molecular weight is 285 g/mol. The number of alkyl halides is 3. The second kappa shape index (κ2) is 4.46. The van der Waals surface area contributed by atoms with Gasteiger partial charge >= 0.3 is 6.18 Å². The summed E-state index contributed by atoms with van der Waals surface area (Å²) in [5.41, 5.74) is -0.830. The molecule has 0 amide bonds. The zero-order valence-electron chi connectivity index (χ0n) is 11.3. The third-order valence-electron chi connectivity index (χ3n) is 4.57. The Labute approximate surface area is 116 Å². The molecule has 0 radical (unpaired) electrons. The number of halogens is 3. The van der Waals surface area contributed by atoms with E-state index in [-0.39, 0.29) is 17.6 Å². The number of rotatable bonds is 1. The van der Waals surface area contributed by atoms with Crippen molar-refractivity contribution in [3.8, 4) is 0 Å². The standard InChI is InChI=1S/C15H18F3NO/c1-9-6-10(2-5-13(9)15(16,17)18)14(20)7-11-3-4-12(8-14)19-11/h2,5-6,11-12,19-20H,3-4,7-8H2,1H3. The molecule has 0 aliphatic carbocycles. The Kier molecular flexibility index (Phi) is 3.10. The smallest absolute Gasteiger partial charge is 0.385 e. The molecular formula is C15H18F3NO. The van der Waals surface area contributed by atoms with Crippen LogP contribution in [0.3, 0.4) is 0 Å². The summed E-state index contributed by atoms with van der Waals surface area (Å²) in [7, 11) is 0. The molecule has 2 bridgehead atoms. The molecule has 1 aromatic rings. The van der Waals surface area contributed by atoms with Crippen molar-refractivity contribution in [1.29, 1.82) is 0 Å². The van der Waals surface area contributed by atoms with E-state index in [0.29, 0.717) is 18.4 Å². The quantitative estimate of drug-likeness (QED) is 0.831. The fraction of sp³-hybridized carbons (Fsp3) is 0.600. The molecule has 2 fully saturated rings. The Morgan fingerprint density at radius 2 is 1.80 bits per heavy atom. The van der Waals surface area contributed by atoms with Crippen molar-refractivity contribution >= 4 is 0 Å². The highest BCUT2D eigenvalue weighted by Gasteiger charge is 2.44. The van der Waals surface area contributed by atoms with E-state index < -0.39 is 17.3 Å². The fourth-order valence-electron chi connectivity index (χ4n) is 3.63. The summed E-state index contributed by atoms with van der Waals surface area (Å²) in [5.74, 6) is 0. The number of hydrogen-bond acceptors (Lipinski definition) is 2. The van der Waals surface area contributed by atoms with Gasteiger partial charge < -0.3 is 10.4 Å². The van der Waals surface area contributed by atoms with Crippen LogP contribution in [0.4, 0.5) is 13.2 Å². The summed E-state index contributed by atoms with van der Waals surface area (Å²) in [6.07, 6.45) is -1.11. The molecule has 2 aliphatic heterocycles. The van der Waals surface area contributed by atoms with Gasteiger partial charge in [0.15, 0.2) is 0 Å². The average Bonchev–Trinajstić information content (AvgIpc) is 2.67. The van der Waals surface area contributed by atoms with E-state index in [1.807, 2.05) is 0 Å². The number of aliphatic hydroxyl groups is 1. The second-order valence-electron chi connectivity index (χ2n) is 6.11. The zero-order chi connectivity index (χ0) is 14.5. The highest BCUT2D eigenvalue weighted by atomic mass is 19.4. The Hall–Kier alpha value is -1.07. The minimum Gasteiger partial charge on any atom is -0.385 e. The Bertz CT molecular complexity index is 514. The molecule has 2 N–H and O–H groups in total. The Morgan fingerprint density at radius 1 is 1.20 bits per heavy atom.